The molecule has 9 atom stereocenters. The van der Waals surface area contributed by atoms with Gasteiger partial charge in [-0.3, -0.25) is 19.2 Å². The van der Waals surface area contributed by atoms with Crippen molar-refractivity contribution in [2.45, 2.75) is 105 Å². The van der Waals surface area contributed by atoms with Gasteiger partial charge in [0.25, 0.3) is 0 Å². The Labute approximate surface area is 321 Å². The van der Waals surface area contributed by atoms with Gasteiger partial charge < -0.3 is 29.3 Å². The Balaban J connectivity index is 1.40. The van der Waals surface area contributed by atoms with E-state index in [1.54, 1.807) is 24.1 Å². The molecular formula is C42H52BrN3O7. The van der Waals surface area contributed by atoms with E-state index in [-0.39, 0.29) is 29.1 Å². The van der Waals surface area contributed by atoms with Gasteiger partial charge in [-0.25, -0.2) is 0 Å². The minimum Gasteiger partial charge on any atom is -0.455 e. The molecule has 3 heterocycles. The smallest absolute Gasteiger partial charge is 0.313 e. The first-order chi connectivity index (χ1) is 25.6. The second-order valence-electron chi connectivity index (χ2n) is 14.9. The van der Waals surface area contributed by atoms with Crippen LogP contribution in [0, 0.1) is 11.8 Å². The lowest BCUT2D eigenvalue weighted by molar-refractivity contribution is -0.165. The fourth-order valence-electron chi connectivity index (χ4n) is 9.21. The quantitative estimate of drug-likeness (QED) is 0.136. The zero-order valence-corrected chi connectivity index (χ0v) is 32.3. The summed E-state index contributed by atoms with van der Waals surface area (Å²) in [5.74, 6) is -3.49. The van der Waals surface area contributed by atoms with Crippen LogP contribution in [0.5, 0.6) is 0 Å². The van der Waals surface area contributed by atoms with Gasteiger partial charge in [0, 0.05) is 30.9 Å². The fourth-order valence-corrected chi connectivity index (χ4v) is 10.2. The summed E-state index contributed by atoms with van der Waals surface area (Å²) < 4.78 is 13.3. The number of alkyl halides is 1. The first-order valence-corrected chi connectivity index (χ1v) is 19.8. The molecule has 4 aliphatic rings. The molecule has 11 heteroatoms. The maximum Gasteiger partial charge on any atom is 0.313 e. The van der Waals surface area contributed by atoms with E-state index >= 15 is 9.59 Å². The number of benzene rings is 2. The van der Waals surface area contributed by atoms with E-state index in [1.165, 1.54) is 4.90 Å². The zero-order chi connectivity index (χ0) is 37.9. The molecule has 2 aromatic rings. The number of nitrogens with zero attached hydrogens (tertiary/aromatic N) is 3. The van der Waals surface area contributed by atoms with Crippen LogP contribution in [0.15, 0.2) is 86.0 Å². The average Bonchev–Trinajstić information content (AvgIpc) is 3.78. The van der Waals surface area contributed by atoms with Crippen LogP contribution in [0.3, 0.4) is 0 Å². The van der Waals surface area contributed by atoms with Gasteiger partial charge in [-0.2, -0.15) is 0 Å². The van der Waals surface area contributed by atoms with Crippen molar-refractivity contribution in [3.63, 3.8) is 0 Å². The molecule has 0 aromatic heterocycles. The van der Waals surface area contributed by atoms with Gasteiger partial charge in [-0.05, 0) is 43.7 Å². The standard InChI is InChI=1S/C42H52BrN3O7/c1-5-7-23-33(48)44(4)27(3)36(29-19-13-9-14-20-29)52-41(51)34-35-39(49)46(32(26-47)28-17-11-8-12-18-28)38(42(35)25-31(43)37(34)53-42)40(50)45(24-6-2)30-21-15-10-16-22-30/h5-6,8-9,11-14,17-20,27,30-32,34-38,47H,1-2,7,10,15-16,21-26H2,3-4H3/t27-,31?,32+,34-,35+,36+,37-,38-,42+/m0/s1. The van der Waals surface area contributed by atoms with E-state index in [0.717, 1.165) is 32.1 Å². The molecule has 0 radical (unpaired) electrons. The van der Waals surface area contributed by atoms with Crippen molar-refractivity contribution in [3.8, 4) is 0 Å². The van der Waals surface area contributed by atoms with Crippen LogP contribution in [-0.4, -0.2) is 98.4 Å². The van der Waals surface area contributed by atoms with Crippen LogP contribution < -0.4 is 0 Å². The highest BCUT2D eigenvalue weighted by Gasteiger charge is 2.78. The molecule has 1 N–H and O–H groups in total. The molecule has 1 aliphatic carbocycles. The highest BCUT2D eigenvalue weighted by Crippen LogP contribution is 2.62. The van der Waals surface area contributed by atoms with Crippen LogP contribution in [0.25, 0.3) is 0 Å². The van der Waals surface area contributed by atoms with Crippen LogP contribution >= 0.6 is 15.9 Å². The molecule has 2 aromatic carbocycles. The van der Waals surface area contributed by atoms with E-state index < -0.39 is 66.3 Å². The maximum absolute atomic E-state index is 15.2. The molecule has 53 heavy (non-hydrogen) atoms. The van der Waals surface area contributed by atoms with Crippen molar-refractivity contribution < 1.29 is 33.8 Å². The number of hydrogen-bond acceptors (Lipinski definition) is 7. The summed E-state index contributed by atoms with van der Waals surface area (Å²) in [6.45, 7) is 9.40. The molecular weight excluding hydrogens is 738 g/mol. The van der Waals surface area contributed by atoms with E-state index in [9.17, 15) is 14.7 Å². The number of esters is 1. The van der Waals surface area contributed by atoms with Crippen LogP contribution in [0.2, 0.25) is 0 Å². The van der Waals surface area contributed by atoms with Gasteiger partial charge in [-0.15, -0.1) is 13.2 Å². The number of aliphatic hydroxyl groups is 1. The van der Waals surface area contributed by atoms with Gasteiger partial charge >= 0.3 is 5.97 Å². The normalized spacial score (nSPS) is 28.1. The average molecular weight is 791 g/mol. The molecule has 1 saturated carbocycles. The van der Waals surface area contributed by atoms with E-state index in [4.69, 9.17) is 9.47 Å². The Morgan fingerprint density at radius 2 is 1.68 bits per heavy atom. The minimum atomic E-state index is -1.35. The number of allylic oxidation sites excluding steroid dienone is 1. The third-order valence-electron chi connectivity index (χ3n) is 11.9. The molecule has 2 bridgehead atoms. The predicted molar refractivity (Wildman–Crippen MR) is 205 cm³/mol. The third kappa shape index (κ3) is 7.24. The molecule has 4 fully saturated rings. The summed E-state index contributed by atoms with van der Waals surface area (Å²) in [5, 5.41) is 10.9. The van der Waals surface area contributed by atoms with Crippen molar-refractivity contribution >= 4 is 39.6 Å². The third-order valence-corrected chi connectivity index (χ3v) is 12.8. The minimum absolute atomic E-state index is 0.0237. The number of fused-ring (bicyclic) bond motifs is 1. The number of amides is 3. The van der Waals surface area contributed by atoms with Crippen molar-refractivity contribution in [2.24, 2.45) is 11.8 Å². The zero-order valence-electron chi connectivity index (χ0n) is 30.7. The summed E-state index contributed by atoms with van der Waals surface area (Å²) in [6.07, 6.45) is 7.74. The number of carbonyl (C=O) groups excluding carboxylic acids is 4. The van der Waals surface area contributed by atoms with Crippen molar-refractivity contribution in [3.05, 3.63) is 97.1 Å². The van der Waals surface area contributed by atoms with Crippen LogP contribution in [0.4, 0.5) is 0 Å². The first-order valence-electron chi connectivity index (χ1n) is 18.9. The van der Waals surface area contributed by atoms with Crippen LogP contribution in [-0.2, 0) is 28.7 Å². The molecule has 1 unspecified atom stereocenters. The topological polar surface area (TPSA) is 117 Å². The number of carbonyl (C=O) groups is 4. The summed E-state index contributed by atoms with van der Waals surface area (Å²) in [4.78, 5) is 62.7. The summed E-state index contributed by atoms with van der Waals surface area (Å²) in [7, 11) is 1.69. The van der Waals surface area contributed by atoms with Crippen molar-refractivity contribution in [1.82, 2.24) is 14.7 Å². The van der Waals surface area contributed by atoms with E-state index in [1.807, 2.05) is 72.5 Å². The second-order valence-corrected chi connectivity index (χ2v) is 16.1. The number of halogens is 1. The highest BCUT2D eigenvalue weighted by molar-refractivity contribution is 9.09. The van der Waals surface area contributed by atoms with Gasteiger partial charge in [0.15, 0.2) is 0 Å². The van der Waals surface area contributed by atoms with Gasteiger partial charge in [0.1, 0.15) is 17.7 Å². The lowest BCUT2D eigenvalue weighted by atomic mass is 9.70. The summed E-state index contributed by atoms with van der Waals surface area (Å²) in [6, 6.07) is 15.9. The second kappa shape index (κ2) is 16.7. The fraction of sp³-hybridized carbons (Fsp3) is 0.524. The molecule has 6 rings (SSSR count). The Hall–Kier alpha value is -3.80. The molecule has 284 valence electrons. The molecule has 10 nitrogen and oxygen atoms in total. The summed E-state index contributed by atoms with van der Waals surface area (Å²) >= 11 is 3.79. The van der Waals surface area contributed by atoms with Crippen LogP contribution in [0.1, 0.15) is 81.6 Å². The Morgan fingerprint density at radius 1 is 1.04 bits per heavy atom. The molecule has 3 aliphatic heterocycles. The number of ether oxygens (including phenoxy) is 2. The number of aliphatic hydroxyl groups excluding tert-OH is 1. The Bertz CT molecular complexity index is 1650. The molecule has 3 amide bonds. The monoisotopic (exact) mass is 789 g/mol. The lowest BCUT2D eigenvalue weighted by Gasteiger charge is -2.42. The SMILES string of the molecule is C=CCCC(=O)N(C)[C@@H](C)[C@@H](OC(=O)[C@@H]1[C@H]2O[C@@]3(CC2Br)[C@H](C(=O)N(CC=C)C2CCCCC2)N([C@H](CO)c2ccccc2)C(=O)[C@@H]13)c1ccccc1. The highest BCUT2D eigenvalue weighted by atomic mass is 79.9. The van der Waals surface area contributed by atoms with Gasteiger partial charge in [-0.1, -0.05) is 108 Å². The predicted octanol–water partition coefficient (Wildman–Crippen LogP) is 5.91. The van der Waals surface area contributed by atoms with Gasteiger partial charge in [0.2, 0.25) is 17.7 Å². The van der Waals surface area contributed by atoms with E-state index in [2.05, 4.69) is 29.1 Å². The lowest BCUT2D eigenvalue weighted by Crippen LogP contribution is -2.59. The number of hydrogen-bond donors (Lipinski definition) is 1. The Morgan fingerprint density at radius 3 is 2.28 bits per heavy atom. The van der Waals surface area contributed by atoms with E-state index in [0.29, 0.717) is 30.5 Å². The first kappa shape index (κ1) is 38.9. The Kier molecular flexibility index (Phi) is 12.3. The number of likely N-dealkylation sites (tertiary alicyclic amines) is 1. The van der Waals surface area contributed by atoms with Gasteiger partial charge in [0.05, 0.1) is 36.6 Å². The molecule has 3 saturated heterocycles. The summed E-state index contributed by atoms with van der Waals surface area (Å²) in [5.41, 5.74) is 0.0325. The molecule has 1 spiro atoms. The number of rotatable bonds is 15. The van der Waals surface area contributed by atoms with Crippen molar-refractivity contribution in [1.29, 1.82) is 0 Å². The number of likely N-dealkylation sites (N-methyl/N-ethyl adjacent to an activating group) is 1. The largest absolute Gasteiger partial charge is 0.455 e. The van der Waals surface area contributed by atoms with Crippen molar-refractivity contribution in [2.75, 3.05) is 20.2 Å². The maximum atomic E-state index is 15.2.